The van der Waals surface area contributed by atoms with Crippen molar-refractivity contribution in [1.82, 2.24) is 14.7 Å². The highest BCUT2D eigenvalue weighted by molar-refractivity contribution is 7.99. The molecule has 1 aromatic carbocycles. The van der Waals surface area contributed by atoms with Crippen LogP contribution < -0.4 is 11.1 Å². The molecule has 3 rings (SSSR count). The van der Waals surface area contributed by atoms with E-state index in [0.717, 1.165) is 23.3 Å². The van der Waals surface area contributed by atoms with Crippen molar-refractivity contribution in [3.63, 3.8) is 0 Å². The SMILES string of the molecule is Cn1cc(C(O)CC2CCCN2C(=O)Nc2ccccc2SCCC(N)=O)cn1. The Kier molecular flexibility index (Phi) is 7.16. The van der Waals surface area contributed by atoms with E-state index in [0.29, 0.717) is 24.4 Å². The van der Waals surface area contributed by atoms with E-state index in [4.69, 9.17) is 5.73 Å². The number of thioether (sulfide) groups is 1. The number of nitrogens with two attached hydrogens (primary N) is 1. The zero-order valence-corrected chi connectivity index (χ0v) is 17.3. The van der Waals surface area contributed by atoms with E-state index in [9.17, 15) is 14.7 Å². The first-order valence-electron chi connectivity index (χ1n) is 9.68. The molecule has 0 spiro atoms. The summed E-state index contributed by atoms with van der Waals surface area (Å²) >= 11 is 1.49. The fourth-order valence-corrected chi connectivity index (χ4v) is 4.47. The smallest absolute Gasteiger partial charge is 0.322 e. The minimum absolute atomic E-state index is 0.0279. The Bertz CT molecular complexity index is 856. The number of benzene rings is 1. The molecule has 2 aromatic rings. The largest absolute Gasteiger partial charge is 0.388 e. The molecule has 9 heteroatoms. The van der Waals surface area contributed by atoms with Crippen molar-refractivity contribution in [2.24, 2.45) is 12.8 Å². The predicted octanol–water partition coefficient (Wildman–Crippen LogP) is 2.51. The number of hydrogen-bond acceptors (Lipinski definition) is 5. The Hall–Kier alpha value is -2.52. The highest BCUT2D eigenvalue weighted by Crippen LogP contribution is 2.30. The lowest BCUT2D eigenvalue weighted by atomic mass is 10.0. The molecule has 156 valence electrons. The lowest BCUT2D eigenvalue weighted by Gasteiger charge is -2.27. The zero-order chi connectivity index (χ0) is 20.8. The Morgan fingerprint density at radius 1 is 1.41 bits per heavy atom. The minimum Gasteiger partial charge on any atom is -0.388 e. The molecule has 2 atom stereocenters. The molecule has 1 aromatic heterocycles. The summed E-state index contributed by atoms with van der Waals surface area (Å²) in [4.78, 5) is 26.6. The molecule has 1 saturated heterocycles. The Labute approximate surface area is 174 Å². The number of hydrogen-bond donors (Lipinski definition) is 3. The van der Waals surface area contributed by atoms with Crippen molar-refractivity contribution in [2.45, 2.75) is 42.7 Å². The van der Waals surface area contributed by atoms with Gasteiger partial charge in [0.1, 0.15) is 0 Å². The van der Waals surface area contributed by atoms with Gasteiger partial charge in [0, 0.05) is 48.5 Å². The second-order valence-corrected chi connectivity index (χ2v) is 8.32. The lowest BCUT2D eigenvalue weighted by Crippen LogP contribution is -2.39. The van der Waals surface area contributed by atoms with Crippen molar-refractivity contribution in [2.75, 3.05) is 17.6 Å². The summed E-state index contributed by atoms with van der Waals surface area (Å²) in [6, 6.07) is 7.32. The molecular weight excluding hydrogens is 390 g/mol. The molecule has 0 aliphatic carbocycles. The number of rotatable bonds is 8. The third-order valence-electron chi connectivity index (χ3n) is 4.98. The van der Waals surface area contributed by atoms with Crippen LogP contribution in [0.3, 0.4) is 0 Å². The van der Waals surface area contributed by atoms with Crippen LogP contribution in [-0.4, -0.2) is 50.1 Å². The molecule has 2 unspecified atom stereocenters. The number of aliphatic hydroxyl groups is 1. The van der Waals surface area contributed by atoms with E-state index in [1.54, 1.807) is 22.0 Å². The first kappa shape index (κ1) is 21.2. The fourth-order valence-electron chi connectivity index (χ4n) is 3.50. The van der Waals surface area contributed by atoms with Gasteiger partial charge in [0.15, 0.2) is 0 Å². The summed E-state index contributed by atoms with van der Waals surface area (Å²) in [6.45, 7) is 0.660. The molecule has 0 radical (unpaired) electrons. The summed E-state index contributed by atoms with van der Waals surface area (Å²) in [7, 11) is 1.81. The van der Waals surface area contributed by atoms with Gasteiger partial charge in [-0.2, -0.15) is 5.10 Å². The van der Waals surface area contributed by atoms with Gasteiger partial charge in [-0.05, 0) is 31.4 Å². The van der Waals surface area contributed by atoms with Gasteiger partial charge in [-0.3, -0.25) is 9.48 Å². The first-order chi connectivity index (χ1) is 13.9. The van der Waals surface area contributed by atoms with Crippen molar-refractivity contribution in [3.8, 4) is 0 Å². The van der Waals surface area contributed by atoms with E-state index in [-0.39, 0.29) is 24.4 Å². The van der Waals surface area contributed by atoms with Crippen LogP contribution in [0.1, 0.15) is 37.4 Å². The molecule has 2 heterocycles. The van der Waals surface area contributed by atoms with Crippen LogP contribution in [-0.2, 0) is 11.8 Å². The molecule has 0 saturated carbocycles. The van der Waals surface area contributed by atoms with Gasteiger partial charge in [0.05, 0.1) is 18.0 Å². The number of aryl methyl sites for hydroxylation is 1. The number of anilines is 1. The molecule has 29 heavy (non-hydrogen) atoms. The summed E-state index contributed by atoms with van der Waals surface area (Å²) in [5.41, 5.74) is 6.68. The second kappa shape index (κ2) is 9.80. The maximum absolute atomic E-state index is 12.9. The van der Waals surface area contributed by atoms with E-state index in [1.807, 2.05) is 31.3 Å². The standard InChI is InChI=1S/C20H27N5O3S/c1-24-13-14(12-22-24)17(26)11-15-5-4-9-25(15)20(28)23-16-6-2-3-7-18(16)29-10-8-19(21)27/h2-3,6-7,12-13,15,17,26H,4-5,8-11H2,1H3,(H2,21,27)(H,23,28). The second-order valence-electron chi connectivity index (χ2n) is 7.18. The van der Waals surface area contributed by atoms with Gasteiger partial charge in [0.25, 0.3) is 0 Å². The number of likely N-dealkylation sites (tertiary alicyclic amines) is 1. The number of amides is 3. The molecule has 1 aliphatic rings. The number of nitrogens with zero attached hydrogens (tertiary/aromatic N) is 3. The van der Waals surface area contributed by atoms with Gasteiger partial charge >= 0.3 is 6.03 Å². The molecular formula is C20H27N5O3S. The topological polar surface area (TPSA) is 113 Å². The molecule has 1 aliphatic heterocycles. The third kappa shape index (κ3) is 5.74. The quantitative estimate of drug-likeness (QED) is 0.571. The van der Waals surface area contributed by atoms with E-state index in [1.165, 1.54) is 11.8 Å². The lowest BCUT2D eigenvalue weighted by molar-refractivity contribution is -0.117. The number of aromatic nitrogens is 2. The van der Waals surface area contributed by atoms with Crippen molar-refractivity contribution >= 4 is 29.4 Å². The monoisotopic (exact) mass is 417 g/mol. The average molecular weight is 418 g/mol. The van der Waals surface area contributed by atoms with Gasteiger partial charge in [0.2, 0.25) is 5.91 Å². The number of para-hydroxylation sites is 1. The summed E-state index contributed by atoms with van der Waals surface area (Å²) in [5.74, 6) is 0.220. The summed E-state index contributed by atoms with van der Waals surface area (Å²) in [5, 5.41) is 17.6. The molecule has 1 fully saturated rings. The molecule has 3 amide bonds. The van der Waals surface area contributed by atoms with Crippen LogP contribution in [0.2, 0.25) is 0 Å². The van der Waals surface area contributed by atoms with Crippen LogP contribution in [0, 0.1) is 0 Å². The molecule has 8 nitrogen and oxygen atoms in total. The average Bonchev–Trinajstić information content (AvgIpc) is 3.32. The van der Waals surface area contributed by atoms with Crippen LogP contribution in [0.15, 0.2) is 41.6 Å². The first-order valence-corrected chi connectivity index (χ1v) is 10.7. The number of carbonyl (C=O) groups is 2. The number of aliphatic hydroxyl groups excluding tert-OH is 1. The maximum atomic E-state index is 12.9. The third-order valence-corrected chi connectivity index (χ3v) is 6.05. The highest BCUT2D eigenvalue weighted by atomic mass is 32.2. The van der Waals surface area contributed by atoms with Crippen LogP contribution in [0.5, 0.6) is 0 Å². The van der Waals surface area contributed by atoms with Crippen molar-refractivity contribution in [3.05, 3.63) is 42.2 Å². The van der Waals surface area contributed by atoms with E-state index >= 15 is 0 Å². The number of primary amides is 1. The normalized spacial score (nSPS) is 17.3. The number of urea groups is 1. The van der Waals surface area contributed by atoms with E-state index in [2.05, 4.69) is 10.4 Å². The maximum Gasteiger partial charge on any atom is 0.322 e. The predicted molar refractivity (Wildman–Crippen MR) is 113 cm³/mol. The minimum atomic E-state index is -0.654. The molecule has 4 N–H and O–H groups in total. The van der Waals surface area contributed by atoms with Gasteiger partial charge < -0.3 is 21.1 Å². The van der Waals surface area contributed by atoms with Gasteiger partial charge in [-0.15, -0.1) is 11.8 Å². The van der Waals surface area contributed by atoms with Crippen molar-refractivity contribution < 1.29 is 14.7 Å². The number of nitrogens with one attached hydrogen (secondary N) is 1. The zero-order valence-electron chi connectivity index (χ0n) is 16.5. The van der Waals surface area contributed by atoms with Crippen LogP contribution >= 0.6 is 11.8 Å². The van der Waals surface area contributed by atoms with Crippen molar-refractivity contribution in [1.29, 1.82) is 0 Å². The van der Waals surface area contributed by atoms with Crippen LogP contribution in [0.4, 0.5) is 10.5 Å². The Morgan fingerprint density at radius 2 is 2.21 bits per heavy atom. The van der Waals surface area contributed by atoms with Gasteiger partial charge in [-0.25, -0.2) is 4.79 Å². The fraction of sp³-hybridized carbons (Fsp3) is 0.450. The number of carbonyl (C=O) groups excluding carboxylic acids is 2. The Balaban J connectivity index is 1.61. The summed E-state index contributed by atoms with van der Waals surface area (Å²) in [6.07, 6.45) is 5.33. The molecule has 0 bridgehead atoms. The Morgan fingerprint density at radius 3 is 2.93 bits per heavy atom. The highest BCUT2D eigenvalue weighted by Gasteiger charge is 2.31. The van der Waals surface area contributed by atoms with E-state index < -0.39 is 6.10 Å². The van der Waals surface area contributed by atoms with Crippen LogP contribution in [0.25, 0.3) is 0 Å². The summed E-state index contributed by atoms with van der Waals surface area (Å²) < 4.78 is 1.66. The van der Waals surface area contributed by atoms with Gasteiger partial charge in [-0.1, -0.05) is 12.1 Å².